The first-order valence-electron chi connectivity index (χ1n) is 6.98. The predicted octanol–water partition coefficient (Wildman–Crippen LogP) is 2.32. The molecule has 1 aromatic carbocycles. The van der Waals surface area contributed by atoms with Crippen molar-refractivity contribution in [3.8, 4) is 11.4 Å². The number of ether oxygens (including phenoxy) is 1. The summed E-state index contributed by atoms with van der Waals surface area (Å²) in [6, 6.07) is 8.70. The van der Waals surface area contributed by atoms with E-state index in [9.17, 15) is 0 Å². The van der Waals surface area contributed by atoms with E-state index in [-0.39, 0.29) is 0 Å². The van der Waals surface area contributed by atoms with Gasteiger partial charge in [-0.05, 0) is 30.9 Å². The standard InChI is InChI=1S/C15H20N4O/c1-19-10-16-18-15(19)12-4-3-5-13(8-12)17-14(9-20-2)11-6-7-11/h3-5,8,10-11,14,17H,6-7,9H2,1-2H3. The van der Waals surface area contributed by atoms with Crippen LogP contribution in [0.4, 0.5) is 5.69 Å². The van der Waals surface area contributed by atoms with Crippen LogP contribution in [-0.2, 0) is 11.8 Å². The summed E-state index contributed by atoms with van der Waals surface area (Å²) in [6.45, 7) is 0.749. The summed E-state index contributed by atoms with van der Waals surface area (Å²) in [5.74, 6) is 1.62. The molecule has 1 aliphatic carbocycles. The van der Waals surface area contributed by atoms with Crippen molar-refractivity contribution in [2.75, 3.05) is 19.0 Å². The van der Waals surface area contributed by atoms with Gasteiger partial charge in [-0.25, -0.2) is 0 Å². The number of benzene rings is 1. The molecule has 1 aliphatic rings. The summed E-state index contributed by atoms with van der Waals surface area (Å²) in [5, 5.41) is 11.7. The molecule has 0 spiro atoms. The lowest BCUT2D eigenvalue weighted by Gasteiger charge is -2.19. The molecule has 0 saturated heterocycles. The number of nitrogens with one attached hydrogen (secondary N) is 1. The normalized spacial score (nSPS) is 16.1. The Morgan fingerprint density at radius 1 is 1.45 bits per heavy atom. The highest BCUT2D eigenvalue weighted by atomic mass is 16.5. The molecule has 1 unspecified atom stereocenters. The molecule has 0 bridgehead atoms. The number of aryl methyl sites for hydroxylation is 1. The Hall–Kier alpha value is -1.88. The first-order valence-corrected chi connectivity index (χ1v) is 6.98. The number of hydrogen-bond acceptors (Lipinski definition) is 4. The monoisotopic (exact) mass is 272 g/mol. The highest BCUT2D eigenvalue weighted by Crippen LogP contribution is 2.34. The van der Waals surface area contributed by atoms with E-state index in [4.69, 9.17) is 4.74 Å². The topological polar surface area (TPSA) is 52.0 Å². The molecular formula is C15H20N4O. The smallest absolute Gasteiger partial charge is 0.163 e. The molecule has 0 amide bonds. The molecule has 2 aromatic rings. The van der Waals surface area contributed by atoms with Crippen LogP contribution in [0.3, 0.4) is 0 Å². The number of anilines is 1. The van der Waals surface area contributed by atoms with Crippen LogP contribution in [0.25, 0.3) is 11.4 Å². The number of aromatic nitrogens is 3. The fraction of sp³-hybridized carbons (Fsp3) is 0.467. The highest BCUT2D eigenvalue weighted by molar-refractivity contribution is 5.62. The zero-order valence-electron chi connectivity index (χ0n) is 11.9. The van der Waals surface area contributed by atoms with Crippen molar-refractivity contribution in [3.63, 3.8) is 0 Å². The summed E-state index contributed by atoms with van der Waals surface area (Å²) in [5.41, 5.74) is 2.18. The molecule has 1 N–H and O–H groups in total. The van der Waals surface area contributed by atoms with Crippen molar-refractivity contribution >= 4 is 5.69 Å². The quantitative estimate of drug-likeness (QED) is 0.877. The van der Waals surface area contributed by atoms with Crippen molar-refractivity contribution in [3.05, 3.63) is 30.6 Å². The van der Waals surface area contributed by atoms with Crippen molar-refractivity contribution in [1.29, 1.82) is 0 Å². The summed E-state index contributed by atoms with van der Waals surface area (Å²) in [4.78, 5) is 0. The molecule has 20 heavy (non-hydrogen) atoms. The molecule has 1 atom stereocenters. The van der Waals surface area contributed by atoms with Gasteiger partial charge in [0.15, 0.2) is 5.82 Å². The lowest BCUT2D eigenvalue weighted by Crippen LogP contribution is -2.27. The lowest BCUT2D eigenvalue weighted by atomic mass is 10.1. The molecular weight excluding hydrogens is 252 g/mol. The van der Waals surface area contributed by atoms with Crippen LogP contribution in [0, 0.1) is 5.92 Å². The third-order valence-electron chi connectivity index (χ3n) is 3.72. The summed E-state index contributed by atoms with van der Waals surface area (Å²) in [7, 11) is 3.71. The molecule has 1 heterocycles. The van der Waals surface area contributed by atoms with E-state index in [1.807, 2.05) is 17.7 Å². The van der Waals surface area contributed by atoms with Gasteiger partial charge in [-0.15, -0.1) is 10.2 Å². The third-order valence-corrected chi connectivity index (χ3v) is 3.72. The van der Waals surface area contributed by atoms with Gasteiger partial charge in [-0.1, -0.05) is 12.1 Å². The van der Waals surface area contributed by atoms with Crippen molar-refractivity contribution in [2.45, 2.75) is 18.9 Å². The molecule has 5 nitrogen and oxygen atoms in total. The second kappa shape index (κ2) is 5.63. The van der Waals surface area contributed by atoms with Crippen molar-refractivity contribution < 1.29 is 4.74 Å². The van der Waals surface area contributed by atoms with Gasteiger partial charge in [0.25, 0.3) is 0 Å². The van der Waals surface area contributed by atoms with Crippen molar-refractivity contribution in [1.82, 2.24) is 14.8 Å². The van der Waals surface area contributed by atoms with E-state index in [0.717, 1.165) is 29.6 Å². The molecule has 5 heteroatoms. The molecule has 0 aliphatic heterocycles. The van der Waals surface area contributed by atoms with Crippen molar-refractivity contribution in [2.24, 2.45) is 13.0 Å². The minimum Gasteiger partial charge on any atom is -0.383 e. The van der Waals surface area contributed by atoms with Gasteiger partial charge >= 0.3 is 0 Å². The van der Waals surface area contributed by atoms with E-state index >= 15 is 0 Å². The second-order valence-corrected chi connectivity index (χ2v) is 5.39. The fourth-order valence-corrected chi connectivity index (χ4v) is 2.48. The molecule has 3 rings (SSSR count). The van der Waals surface area contributed by atoms with Gasteiger partial charge in [0, 0.05) is 25.4 Å². The Morgan fingerprint density at radius 2 is 2.30 bits per heavy atom. The van der Waals surface area contributed by atoms with Gasteiger partial charge in [-0.2, -0.15) is 0 Å². The van der Waals surface area contributed by atoms with Crippen LogP contribution in [0.5, 0.6) is 0 Å². The molecule has 106 valence electrons. The van der Waals surface area contributed by atoms with E-state index < -0.39 is 0 Å². The maximum atomic E-state index is 5.31. The maximum Gasteiger partial charge on any atom is 0.163 e. The summed E-state index contributed by atoms with van der Waals surface area (Å²) < 4.78 is 7.23. The highest BCUT2D eigenvalue weighted by Gasteiger charge is 2.31. The molecule has 0 radical (unpaired) electrons. The number of rotatable bonds is 6. The number of hydrogen-bond donors (Lipinski definition) is 1. The first-order chi connectivity index (χ1) is 9.78. The Bertz CT molecular complexity index is 577. The van der Waals surface area contributed by atoms with Gasteiger partial charge in [-0.3, -0.25) is 0 Å². The lowest BCUT2D eigenvalue weighted by molar-refractivity contribution is 0.179. The fourth-order valence-electron chi connectivity index (χ4n) is 2.48. The Morgan fingerprint density at radius 3 is 2.95 bits per heavy atom. The Labute approximate surface area is 119 Å². The largest absolute Gasteiger partial charge is 0.383 e. The van der Waals surface area contributed by atoms with Crippen LogP contribution in [-0.4, -0.2) is 34.5 Å². The van der Waals surface area contributed by atoms with Crippen LogP contribution in [0.2, 0.25) is 0 Å². The van der Waals surface area contributed by atoms with Crippen LogP contribution in [0.1, 0.15) is 12.8 Å². The van der Waals surface area contributed by atoms with Gasteiger partial charge < -0.3 is 14.6 Å². The average molecular weight is 272 g/mol. The van der Waals surface area contributed by atoms with E-state index in [0.29, 0.717) is 6.04 Å². The summed E-state index contributed by atoms with van der Waals surface area (Å²) in [6.07, 6.45) is 4.31. The van der Waals surface area contributed by atoms with Gasteiger partial charge in [0.2, 0.25) is 0 Å². The van der Waals surface area contributed by atoms with E-state index in [2.05, 4.69) is 33.7 Å². The zero-order valence-corrected chi connectivity index (χ0v) is 11.9. The Kier molecular flexibility index (Phi) is 3.69. The first kappa shape index (κ1) is 13.1. The van der Waals surface area contributed by atoms with Crippen LogP contribution in [0.15, 0.2) is 30.6 Å². The van der Waals surface area contributed by atoms with E-state index in [1.54, 1.807) is 13.4 Å². The maximum absolute atomic E-state index is 5.31. The summed E-state index contributed by atoms with van der Waals surface area (Å²) >= 11 is 0. The van der Waals surface area contributed by atoms with Gasteiger partial charge in [0.05, 0.1) is 12.6 Å². The minimum absolute atomic E-state index is 0.398. The van der Waals surface area contributed by atoms with Gasteiger partial charge in [0.1, 0.15) is 6.33 Å². The third kappa shape index (κ3) is 2.82. The van der Waals surface area contributed by atoms with Crippen LogP contribution < -0.4 is 5.32 Å². The number of methoxy groups -OCH3 is 1. The second-order valence-electron chi connectivity index (χ2n) is 5.39. The van der Waals surface area contributed by atoms with E-state index in [1.165, 1.54) is 12.8 Å². The number of nitrogens with zero attached hydrogens (tertiary/aromatic N) is 3. The molecule has 1 fully saturated rings. The molecule has 1 saturated carbocycles. The predicted molar refractivity (Wildman–Crippen MR) is 78.4 cm³/mol. The molecule has 1 aromatic heterocycles. The van der Waals surface area contributed by atoms with Crippen LogP contribution >= 0.6 is 0 Å². The SMILES string of the molecule is COCC(Nc1cccc(-c2nncn2C)c1)C1CC1. The minimum atomic E-state index is 0.398. The zero-order chi connectivity index (χ0) is 13.9. The average Bonchev–Trinajstić information content (AvgIpc) is 3.21. The Balaban J connectivity index is 1.78.